The Morgan fingerprint density at radius 1 is 1.20 bits per heavy atom. The summed E-state index contributed by atoms with van der Waals surface area (Å²) in [6, 6.07) is 4.47. The van der Waals surface area contributed by atoms with E-state index in [0.29, 0.717) is 12.0 Å². The van der Waals surface area contributed by atoms with E-state index in [1.165, 1.54) is 5.56 Å². The molecule has 0 aromatic carbocycles. The van der Waals surface area contributed by atoms with Crippen LogP contribution in [0.5, 0.6) is 0 Å². The number of hydrogen-bond donors (Lipinski definition) is 1. The predicted molar refractivity (Wildman–Crippen MR) is 79.4 cm³/mol. The summed E-state index contributed by atoms with van der Waals surface area (Å²) >= 11 is 0. The quantitative estimate of drug-likeness (QED) is 0.834. The molecule has 20 heavy (non-hydrogen) atoms. The van der Waals surface area contributed by atoms with Crippen LogP contribution in [0, 0.1) is 5.92 Å². The molecule has 0 bridgehead atoms. The second kappa shape index (κ2) is 7.14. The molecule has 0 radical (unpaired) electrons. The van der Waals surface area contributed by atoms with Crippen molar-refractivity contribution in [1.82, 2.24) is 25.1 Å². The molecule has 0 spiro atoms. The zero-order valence-corrected chi connectivity index (χ0v) is 12.5. The molecule has 0 amide bonds. The van der Waals surface area contributed by atoms with E-state index in [1.807, 2.05) is 24.1 Å². The fraction of sp³-hybridized carbons (Fsp3) is 0.533. The van der Waals surface area contributed by atoms with Gasteiger partial charge in [-0.15, -0.1) is 0 Å². The van der Waals surface area contributed by atoms with E-state index in [2.05, 4.69) is 46.4 Å². The Labute approximate surface area is 120 Å². The highest BCUT2D eigenvalue weighted by molar-refractivity contribution is 5.12. The summed E-state index contributed by atoms with van der Waals surface area (Å²) in [4.78, 5) is 8.45. The second-order valence-electron chi connectivity index (χ2n) is 5.50. The minimum absolute atomic E-state index is 0.354. The maximum absolute atomic E-state index is 4.40. The first-order chi connectivity index (χ1) is 9.69. The van der Waals surface area contributed by atoms with E-state index in [-0.39, 0.29) is 0 Å². The van der Waals surface area contributed by atoms with Crippen LogP contribution in [0.25, 0.3) is 0 Å². The lowest BCUT2D eigenvalue weighted by Gasteiger charge is -2.17. The van der Waals surface area contributed by atoms with Gasteiger partial charge < -0.3 is 5.32 Å². The lowest BCUT2D eigenvalue weighted by atomic mass is 10.0. The summed E-state index contributed by atoms with van der Waals surface area (Å²) in [5.74, 6) is 1.62. The van der Waals surface area contributed by atoms with Crippen molar-refractivity contribution in [2.75, 3.05) is 7.05 Å². The molecule has 0 saturated heterocycles. The van der Waals surface area contributed by atoms with Crippen LogP contribution in [0.1, 0.15) is 25.2 Å². The summed E-state index contributed by atoms with van der Waals surface area (Å²) in [6.07, 6.45) is 7.17. The van der Waals surface area contributed by atoms with Gasteiger partial charge in [0.2, 0.25) is 0 Å². The smallest absolute Gasteiger partial charge is 0.138 e. The summed E-state index contributed by atoms with van der Waals surface area (Å²) in [7, 11) is 2.00. The van der Waals surface area contributed by atoms with Gasteiger partial charge in [0.05, 0.1) is 0 Å². The molecule has 2 rings (SSSR count). The van der Waals surface area contributed by atoms with Crippen LogP contribution in [0.2, 0.25) is 0 Å². The minimum atomic E-state index is 0.354. The Hall–Kier alpha value is -1.75. The highest BCUT2D eigenvalue weighted by Gasteiger charge is 2.13. The number of nitrogens with zero attached hydrogens (tertiary/aromatic N) is 4. The van der Waals surface area contributed by atoms with E-state index >= 15 is 0 Å². The van der Waals surface area contributed by atoms with Crippen molar-refractivity contribution in [1.29, 1.82) is 0 Å². The van der Waals surface area contributed by atoms with Crippen molar-refractivity contribution in [2.24, 2.45) is 5.92 Å². The maximum atomic E-state index is 4.40. The predicted octanol–water partition coefficient (Wildman–Crippen LogP) is 1.70. The Kier molecular flexibility index (Phi) is 5.24. The van der Waals surface area contributed by atoms with E-state index < -0.39 is 0 Å². The van der Waals surface area contributed by atoms with Gasteiger partial charge in [0.15, 0.2) is 0 Å². The molecule has 5 nitrogen and oxygen atoms in total. The van der Waals surface area contributed by atoms with Crippen LogP contribution in [0.15, 0.2) is 30.9 Å². The molecular formula is C15H23N5. The fourth-order valence-corrected chi connectivity index (χ4v) is 2.24. The number of nitrogens with one attached hydrogen (secondary N) is 1. The maximum Gasteiger partial charge on any atom is 0.138 e. The minimum Gasteiger partial charge on any atom is -0.316 e. The van der Waals surface area contributed by atoms with Gasteiger partial charge in [-0.2, -0.15) is 5.10 Å². The van der Waals surface area contributed by atoms with Crippen molar-refractivity contribution in [3.8, 4) is 0 Å². The van der Waals surface area contributed by atoms with E-state index in [1.54, 1.807) is 6.33 Å². The first-order valence-corrected chi connectivity index (χ1v) is 7.12. The van der Waals surface area contributed by atoms with Gasteiger partial charge in [0, 0.05) is 31.4 Å². The highest BCUT2D eigenvalue weighted by atomic mass is 15.3. The standard InChI is InChI=1S/C15H23N5/c1-12(2)10-20-15(18-11-19-20)9-14(16-3)8-13-4-6-17-7-5-13/h4-7,11-12,14,16H,8-10H2,1-3H3. The molecule has 2 aromatic heterocycles. The summed E-state index contributed by atoms with van der Waals surface area (Å²) < 4.78 is 2.02. The molecule has 0 aliphatic rings. The average Bonchev–Trinajstić information content (AvgIpc) is 2.85. The summed E-state index contributed by atoms with van der Waals surface area (Å²) in [6.45, 7) is 5.30. The van der Waals surface area contributed by atoms with Gasteiger partial charge >= 0.3 is 0 Å². The molecule has 0 fully saturated rings. The lowest BCUT2D eigenvalue weighted by molar-refractivity contribution is 0.447. The van der Waals surface area contributed by atoms with Crippen molar-refractivity contribution >= 4 is 0 Å². The Bertz CT molecular complexity index is 506. The van der Waals surface area contributed by atoms with Crippen LogP contribution in [0.3, 0.4) is 0 Å². The molecule has 1 atom stereocenters. The Morgan fingerprint density at radius 3 is 2.60 bits per heavy atom. The molecular weight excluding hydrogens is 250 g/mol. The van der Waals surface area contributed by atoms with Gasteiger partial charge in [-0.3, -0.25) is 4.98 Å². The third kappa shape index (κ3) is 4.13. The molecule has 2 heterocycles. The number of rotatable bonds is 7. The van der Waals surface area contributed by atoms with Crippen LogP contribution >= 0.6 is 0 Å². The van der Waals surface area contributed by atoms with E-state index in [0.717, 1.165) is 25.2 Å². The van der Waals surface area contributed by atoms with Crippen molar-refractivity contribution in [2.45, 2.75) is 39.3 Å². The molecule has 2 aromatic rings. The first kappa shape index (κ1) is 14.7. The van der Waals surface area contributed by atoms with E-state index in [9.17, 15) is 0 Å². The van der Waals surface area contributed by atoms with Gasteiger partial charge in [0.25, 0.3) is 0 Å². The molecule has 0 aliphatic heterocycles. The largest absolute Gasteiger partial charge is 0.316 e. The van der Waals surface area contributed by atoms with Gasteiger partial charge in [-0.05, 0) is 37.1 Å². The molecule has 1 unspecified atom stereocenters. The second-order valence-corrected chi connectivity index (χ2v) is 5.50. The number of aromatic nitrogens is 4. The van der Waals surface area contributed by atoms with Crippen molar-refractivity contribution < 1.29 is 0 Å². The lowest BCUT2D eigenvalue weighted by Crippen LogP contribution is -2.31. The number of hydrogen-bond acceptors (Lipinski definition) is 4. The summed E-state index contributed by atoms with van der Waals surface area (Å²) in [5, 5.41) is 7.69. The third-order valence-electron chi connectivity index (χ3n) is 3.30. The van der Waals surface area contributed by atoms with Crippen molar-refractivity contribution in [3.05, 3.63) is 42.2 Å². The zero-order chi connectivity index (χ0) is 14.4. The zero-order valence-electron chi connectivity index (χ0n) is 12.5. The number of pyridine rings is 1. The SMILES string of the molecule is CNC(Cc1ccncc1)Cc1ncnn1CC(C)C. The van der Waals surface area contributed by atoms with Gasteiger partial charge in [0.1, 0.15) is 12.2 Å². The van der Waals surface area contributed by atoms with Gasteiger partial charge in [-0.25, -0.2) is 9.67 Å². The number of likely N-dealkylation sites (N-methyl/N-ethyl adjacent to an activating group) is 1. The van der Waals surface area contributed by atoms with Crippen molar-refractivity contribution in [3.63, 3.8) is 0 Å². The molecule has 0 saturated carbocycles. The fourth-order valence-electron chi connectivity index (χ4n) is 2.24. The summed E-state index contributed by atoms with van der Waals surface area (Å²) in [5.41, 5.74) is 1.29. The topological polar surface area (TPSA) is 55.6 Å². The molecule has 108 valence electrons. The van der Waals surface area contributed by atoms with Gasteiger partial charge in [-0.1, -0.05) is 13.8 Å². The normalized spacial score (nSPS) is 12.8. The average molecular weight is 273 g/mol. The van der Waals surface area contributed by atoms with Crippen LogP contribution in [-0.4, -0.2) is 32.8 Å². The Morgan fingerprint density at radius 2 is 1.95 bits per heavy atom. The first-order valence-electron chi connectivity index (χ1n) is 7.12. The highest BCUT2D eigenvalue weighted by Crippen LogP contribution is 2.08. The van der Waals surface area contributed by atoms with Crippen LogP contribution < -0.4 is 5.32 Å². The van der Waals surface area contributed by atoms with Crippen LogP contribution in [0.4, 0.5) is 0 Å². The monoisotopic (exact) mass is 273 g/mol. The Balaban J connectivity index is 2.01. The third-order valence-corrected chi connectivity index (χ3v) is 3.30. The molecule has 0 aliphatic carbocycles. The van der Waals surface area contributed by atoms with Crippen LogP contribution in [-0.2, 0) is 19.4 Å². The molecule has 1 N–H and O–H groups in total. The molecule has 5 heteroatoms. The van der Waals surface area contributed by atoms with E-state index in [4.69, 9.17) is 0 Å².